The average molecular weight is 360 g/mol. The van der Waals surface area contributed by atoms with Gasteiger partial charge < -0.3 is 20.2 Å². The van der Waals surface area contributed by atoms with Gasteiger partial charge in [0.15, 0.2) is 5.60 Å². The van der Waals surface area contributed by atoms with Crippen LogP contribution in [0.3, 0.4) is 0 Å². The smallest absolute Gasteiger partial charge is 0.256 e. The van der Waals surface area contributed by atoms with Gasteiger partial charge in [-0.15, -0.1) is 0 Å². The van der Waals surface area contributed by atoms with Gasteiger partial charge in [-0.05, 0) is 51.3 Å². The van der Waals surface area contributed by atoms with Crippen molar-refractivity contribution in [3.63, 3.8) is 0 Å². The molecule has 0 radical (unpaired) electrons. The molecule has 0 saturated carbocycles. The van der Waals surface area contributed by atoms with E-state index in [9.17, 15) is 9.90 Å². The van der Waals surface area contributed by atoms with Crippen LogP contribution in [0.5, 0.6) is 0 Å². The SMILES string of the molecule is Cc1cccc(CN2CCC[C@](O)(CNCCN3CCCCC3)C2=O)c1. The fraction of sp³-hybridized carbons (Fsp3) is 0.667. The molecule has 26 heavy (non-hydrogen) atoms. The Labute approximate surface area is 157 Å². The minimum Gasteiger partial charge on any atom is -0.379 e. The summed E-state index contributed by atoms with van der Waals surface area (Å²) >= 11 is 0. The number of piperidine rings is 2. The maximum absolute atomic E-state index is 12.9. The number of hydrogen-bond donors (Lipinski definition) is 2. The molecule has 0 aliphatic carbocycles. The summed E-state index contributed by atoms with van der Waals surface area (Å²) in [6.45, 7) is 7.89. The molecular formula is C21H33N3O2. The molecule has 0 unspecified atom stereocenters. The van der Waals surface area contributed by atoms with Crippen molar-refractivity contribution in [2.75, 3.05) is 39.3 Å². The van der Waals surface area contributed by atoms with Gasteiger partial charge in [0.25, 0.3) is 5.91 Å². The van der Waals surface area contributed by atoms with Crippen LogP contribution in [0.4, 0.5) is 0 Å². The maximum atomic E-state index is 12.9. The molecule has 1 amide bonds. The van der Waals surface area contributed by atoms with Gasteiger partial charge in [0, 0.05) is 32.7 Å². The standard InChI is InChI=1S/C21H33N3O2/c1-18-7-5-8-19(15-18)16-24-13-6-9-21(26,20(24)25)17-22-10-14-23-11-3-2-4-12-23/h5,7-8,15,22,26H,2-4,6,9-14,16-17H2,1H3/t21-/m0/s1. The molecule has 3 rings (SSSR count). The Morgan fingerprint density at radius 1 is 1.15 bits per heavy atom. The highest BCUT2D eigenvalue weighted by Crippen LogP contribution is 2.24. The molecule has 1 atom stereocenters. The van der Waals surface area contributed by atoms with Crippen LogP contribution in [0.15, 0.2) is 24.3 Å². The van der Waals surface area contributed by atoms with Gasteiger partial charge in [0.2, 0.25) is 0 Å². The fourth-order valence-corrected chi connectivity index (χ4v) is 4.13. The number of likely N-dealkylation sites (tertiary alicyclic amines) is 2. The summed E-state index contributed by atoms with van der Waals surface area (Å²) < 4.78 is 0. The van der Waals surface area contributed by atoms with Gasteiger partial charge in [0.05, 0.1) is 0 Å². The van der Waals surface area contributed by atoms with Crippen molar-refractivity contribution in [1.82, 2.24) is 15.1 Å². The molecule has 0 bridgehead atoms. The molecule has 2 heterocycles. The van der Waals surface area contributed by atoms with Crippen LogP contribution < -0.4 is 5.32 Å². The Balaban J connectivity index is 1.48. The van der Waals surface area contributed by atoms with Crippen molar-refractivity contribution in [2.24, 2.45) is 0 Å². The van der Waals surface area contributed by atoms with Crippen LogP contribution in [0.1, 0.15) is 43.2 Å². The van der Waals surface area contributed by atoms with E-state index in [2.05, 4.69) is 29.3 Å². The molecule has 5 heteroatoms. The number of aliphatic hydroxyl groups is 1. The zero-order valence-corrected chi connectivity index (χ0v) is 16.0. The Hall–Kier alpha value is -1.43. The van der Waals surface area contributed by atoms with E-state index in [0.29, 0.717) is 19.5 Å². The first-order chi connectivity index (χ1) is 12.6. The average Bonchev–Trinajstić information content (AvgIpc) is 2.64. The lowest BCUT2D eigenvalue weighted by molar-refractivity contribution is -0.157. The summed E-state index contributed by atoms with van der Waals surface area (Å²) in [6.07, 6.45) is 5.32. The Morgan fingerprint density at radius 3 is 2.73 bits per heavy atom. The molecule has 2 fully saturated rings. The van der Waals surface area contributed by atoms with E-state index in [-0.39, 0.29) is 5.91 Å². The molecule has 0 aromatic heterocycles. The highest BCUT2D eigenvalue weighted by Gasteiger charge is 2.41. The van der Waals surface area contributed by atoms with Crippen LogP contribution in [0.2, 0.25) is 0 Å². The van der Waals surface area contributed by atoms with E-state index in [1.54, 1.807) is 0 Å². The van der Waals surface area contributed by atoms with Crippen LogP contribution in [-0.2, 0) is 11.3 Å². The summed E-state index contributed by atoms with van der Waals surface area (Å²) in [5.41, 5.74) is 1.06. The van der Waals surface area contributed by atoms with E-state index in [4.69, 9.17) is 0 Å². The van der Waals surface area contributed by atoms with Crippen molar-refractivity contribution in [3.05, 3.63) is 35.4 Å². The Bertz CT molecular complexity index is 601. The highest BCUT2D eigenvalue weighted by atomic mass is 16.3. The zero-order chi connectivity index (χ0) is 18.4. The van der Waals surface area contributed by atoms with Crippen molar-refractivity contribution >= 4 is 5.91 Å². The maximum Gasteiger partial charge on any atom is 0.256 e. The molecule has 0 spiro atoms. The van der Waals surface area contributed by atoms with Gasteiger partial charge >= 0.3 is 0 Å². The number of nitrogens with zero attached hydrogens (tertiary/aromatic N) is 2. The van der Waals surface area contributed by atoms with Crippen molar-refractivity contribution in [3.8, 4) is 0 Å². The first kappa shape index (κ1) is 19.3. The zero-order valence-electron chi connectivity index (χ0n) is 16.0. The lowest BCUT2D eigenvalue weighted by Crippen LogP contribution is -2.58. The van der Waals surface area contributed by atoms with Gasteiger partial charge in [-0.25, -0.2) is 0 Å². The normalized spacial score (nSPS) is 24.8. The first-order valence-electron chi connectivity index (χ1n) is 10.1. The third kappa shape index (κ3) is 5.06. The number of amides is 1. The summed E-state index contributed by atoms with van der Waals surface area (Å²) in [4.78, 5) is 17.1. The number of hydrogen-bond acceptors (Lipinski definition) is 4. The number of carbonyl (C=O) groups is 1. The molecule has 2 aliphatic rings. The van der Waals surface area contributed by atoms with Crippen LogP contribution in [0.25, 0.3) is 0 Å². The molecule has 5 nitrogen and oxygen atoms in total. The van der Waals surface area contributed by atoms with Crippen molar-refractivity contribution < 1.29 is 9.90 Å². The molecule has 2 saturated heterocycles. The van der Waals surface area contributed by atoms with Crippen LogP contribution in [-0.4, -0.2) is 65.7 Å². The predicted octanol–water partition coefficient (Wildman–Crippen LogP) is 1.92. The molecule has 2 aliphatic heterocycles. The quantitative estimate of drug-likeness (QED) is 0.731. The molecular weight excluding hydrogens is 326 g/mol. The second-order valence-electron chi connectivity index (χ2n) is 7.93. The second-order valence-corrected chi connectivity index (χ2v) is 7.93. The summed E-state index contributed by atoms with van der Waals surface area (Å²) in [5, 5.41) is 14.2. The topological polar surface area (TPSA) is 55.8 Å². The summed E-state index contributed by atoms with van der Waals surface area (Å²) in [5.74, 6) is -0.129. The molecule has 2 N–H and O–H groups in total. The van der Waals surface area contributed by atoms with E-state index in [1.165, 1.54) is 37.9 Å². The Morgan fingerprint density at radius 2 is 1.96 bits per heavy atom. The number of carbonyl (C=O) groups excluding carboxylic acids is 1. The summed E-state index contributed by atoms with van der Waals surface area (Å²) in [7, 11) is 0. The van der Waals surface area contributed by atoms with Crippen molar-refractivity contribution in [1.29, 1.82) is 0 Å². The third-order valence-corrected chi connectivity index (χ3v) is 5.63. The lowest BCUT2D eigenvalue weighted by Gasteiger charge is -2.38. The van der Waals surface area contributed by atoms with E-state index in [1.807, 2.05) is 17.0 Å². The number of nitrogens with one attached hydrogen (secondary N) is 1. The van der Waals surface area contributed by atoms with Crippen LogP contribution >= 0.6 is 0 Å². The van der Waals surface area contributed by atoms with E-state index >= 15 is 0 Å². The largest absolute Gasteiger partial charge is 0.379 e. The second kappa shape index (κ2) is 8.98. The minimum absolute atomic E-state index is 0.129. The molecule has 1 aromatic rings. The Kier molecular flexibility index (Phi) is 6.68. The first-order valence-corrected chi connectivity index (χ1v) is 10.1. The van der Waals surface area contributed by atoms with Crippen molar-refractivity contribution in [2.45, 2.75) is 51.2 Å². The molecule has 1 aromatic carbocycles. The van der Waals surface area contributed by atoms with Gasteiger partial charge in [-0.2, -0.15) is 0 Å². The van der Waals surface area contributed by atoms with Gasteiger partial charge in [-0.3, -0.25) is 4.79 Å². The number of benzene rings is 1. The molecule has 144 valence electrons. The minimum atomic E-state index is -1.26. The van der Waals surface area contributed by atoms with Gasteiger partial charge in [-0.1, -0.05) is 36.2 Å². The summed E-state index contributed by atoms with van der Waals surface area (Å²) in [6, 6.07) is 8.24. The highest BCUT2D eigenvalue weighted by molar-refractivity contribution is 5.86. The fourth-order valence-electron chi connectivity index (χ4n) is 4.13. The number of rotatable bonds is 7. The van der Waals surface area contributed by atoms with Crippen LogP contribution in [0, 0.1) is 6.92 Å². The monoisotopic (exact) mass is 359 g/mol. The predicted molar refractivity (Wildman–Crippen MR) is 104 cm³/mol. The number of aryl methyl sites for hydroxylation is 1. The van der Waals surface area contributed by atoms with Gasteiger partial charge in [0.1, 0.15) is 0 Å². The lowest BCUT2D eigenvalue weighted by atomic mass is 9.91. The van der Waals surface area contributed by atoms with E-state index in [0.717, 1.165) is 31.6 Å². The van der Waals surface area contributed by atoms with E-state index < -0.39 is 5.60 Å². The third-order valence-electron chi connectivity index (χ3n) is 5.63.